The molecule has 0 atom stereocenters. The second-order valence-corrected chi connectivity index (χ2v) is 7.78. The van der Waals surface area contributed by atoms with Crippen LogP contribution in [0, 0.1) is 13.8 Å². The lowest BCUT2D eigenvalue weighted by Crippen LogP contribution is -2.27. The number of nitrogens with zero attached hydrogens (tertiary/aromatic N) is 1. The van der Waals surface area contributed by atoms with Gasteiger partial charge in [-0.2, -0.15) is 0 Å². The highest BCUT2D eigenvalue weighted by Crippen LogP contribution is 2.32. The summed E-state index contributed by atoms with van der Waals surface area (Å²) >= 11 is 0.890. The average molecular weight is 423 g/mol. The Morgan fingerprint density at radius 2 is 1.97 bits per heavy atom. The number of anilines is 1. The van der Waals surface area contributed by atoms with E-state index in [9.17, 15) is 14.4 Å². The van der Waals surface area contributed by atoms with E-state index >= 15 is 0 Å². The number of carbonyl (C=O) groups excluding carboxylic acids is 3. The fourth-order valence-electron chi connectivity index (χ4n) is 2.80. The first-order valence-electron chi connectivity index (χ1n) is 9.33. The van der Waals surface area contributed by atoms with Crippen molar-refractivity contribution >= 4 is 40.6 Å². The van der Waals surface area contributed by atoms with Crippen LogP contribution < -0.4 is 10.1 Å². The number of ether oxygens (including phenoxy) is 1. The van der Waals surface area contributed by atoms with E-state index in [1.165, 1.54) is 6.08 Å². The first-order chi connectivity index (χ1) is 14.4. The lowest BCUT2D eigenvalue weighted by atomic mass is 10.1. The number of rotatable bonds is 7. The summed E-state index contributed by atoms with van der Waals surface area (Å²) in [5, 5.41) is 2.49. The van der Waals surface area contributed by atoms with Gasteiger partial charge in [0.15, 0.2) is 6.61 Å². The Balaban J connectivity index is 1.62. The summed E-state index contributed by atoms with van der Waals surface area (Å²) in [5.41, 5.74) is 3.67. The van der Waals surface area contributed by atoms with Gasteiger partial charge in [0.25, 0.3) is 17.1 Å². The van der Waals surface area contributed by atoms with Gasteiger partial charge < -0.3 is 10.1 Å². The third-order valence-corrected chi connectivity index (χ3v) is 5.41. The predicted octanol–water partition coefficient (Wildman–Crippen LogP) is 4.54. The van der Waals surface area contributed by atoms with E-state index in [1.807, 2.05) is 32.0 Å². The van der Waals surface area contributed by atoms with Crippen molar-refractivity contribution in [1.29, 1.82) is 0 Å². The lowest BCUT2D eigenvalue weighted by Gasteiger charge is -2.10. The third kappa shape index (κ3) is 5.18. The van der Waals surface area contributed by atoms with Crippen LogP contribution in [0.15, 0.2) is 60.0 Å². The lowest BCUT2D eigenvalue weighted by molar-refractivity contribution is -0.122. The zero-order valence-electron chi connectivity index (χ0n) is 16.8. The number of benzene rings is 2. The molecule has 1 aliphatic heterocycles. The molecule has 3 rings (SSSR count). The minimum atomic E-state index is -0.344. The zero-order chi connectivity index (χ0) is 21.7. The van der Waals surface area contributed by atoms with Gasteiger partial charge in [0.1, 0.15) is 5.75 Å². The molecule has 0 aliphatic carbocycles. The highest BCUT2D eigenvalue weighted by atomic mass is 32.2. The number of nitrogens with one attached hydrogen (secondary N) is 1. The minimum absolute atomic E-state index is 0.147. The molecule has 1 aliphatic rings. The van der Waals surface area contributed by atoms with Crippen LogP contribution in [-0.2, 0) is 9.59 Å². The SMILES string of the molecule is C=CCN1C(=O)SC(=Cc2cccc(OCC(=O)Nc3ccc(C)c(C)c3)c2)C1=O. The maximum Gasteiger partial charge on any atom is 0.293 e. The van der Waals surface area contributed by atoms with Crippen molar-refractivity contribution in [2.45, 2.75) is 13.8 Å². The van der Waals surface area contributed by atoms with Crippen molar-refractivity contribution in [1.82, 2.24) is 4.90 Å². The van der Waals surface area contributed by atoms with Crippen molar-refractivity contribution in [2.75, 3.05) is 18.5 Å². The molecular formula is C23H22N2O4S. The molecule has 1 saturated heterocycles. The van der Waals surface area contributed by atoms with Gasteiger partial charge >= 0.3 is 0 Å². The van der Waals surface area contributed by atoms with E-state index in [4.69, 9.17) is 4.74 Å². The molecule has 0 bridgehead atoms. The number of hydrogen-bond acceptors (Lipinski definition) is 5. The van der Waals surface area contributed by atoms with Crippen molar-refractivity contribution in [3.63, 3.8) is 0 Å². The number of thioether (sulfide) groups is 1. The largest absolute Gasteiger partial charge is 0.484 e. The van der Waals surface area contributed by atoms with E-state index in [-0.39, 0.29) is 30.2 Å². The van der Waals surface area contributed by atoms with Gasteiger partial charge in [0, 0.05) is 12.2 Å². The summed E-state index contributed by atoms with van der Waals surface area (Å²) < 4.78 is 5.58. The first kappa shape index (κ1) is 21.4. The molecular weight excluding hydrogens is 400 g/mol. The minimum Gasteiger partial charge on any atom is -0.484 e. The van der Waals surface area contributed by atoms with E-state index in [0.29, 0.717) is 16.2 Å². The molecule has 6 nitrogen and oxygen atoms in total. The molecule has 0 saturated carbocycles. The van der Waals surface area contributed by atoms with Gasteiger partial charge in [-0.1, -0.05) is 24.3 Å². The Morgan fingerprint density at radius 1 is 1.17 bits per heavy atom. The van der Waals surface area contributed by atoms with Crippen LogP contribution in [0.3, 0.4) is 0 Å². The van der Waals surface area contributed by atoms with E-state index < -0.39 is 0 Å². The fourth-order valence-corrected chi connectivity index (χ4v) is 3.65. The molecule has 30 heavy (non-hydrogen) atoms. The molecule has 0 aromatic heterocycles. The normalized spacial score (nSPS) is 14.9. The molecule has 2 aromatic rings. The van der Waals surface area contributed by atoms with Crippen molar-refractivity contribution in [2.24, 2.45) is 0 Å². The van der Waals surface area contributed by atoms with Gasteiger partial charge in [-0.25, -0.2) is 0 Å². The molecule has 1 heterocycles. The highest BCUT2D eigenvalue weighted by molar-refractivity contribution is 8.18. The number of imide groups is 1. The van der Waals surface area contributed by atoms with Crippen LogP contribution >= 0.6 is 11.8 Å². The summed E-state index contributed by atoms with van der Waals surface area (Å²) in [6.45, 7) is 7.59. The predicted molar refractivity (Wildman–Crippen MR) is 119 cm³/mol. The van der Waals surface area contributed by atoms with E-state index in [0.717, 1.165) is 33.5 Å². The quantitative estimate of drug-likeness (QED) is 0.524. The van der Waals surface area contributed by atoms with Crippen molar-refractivity contribution < 1.29 is 19.1 Å². The molecule has 1 fully saturated rings. The van der Waals surface area contributed by atoms with Crippen LogP contribution in [0.5, 0.6) is 5.75 Å². The smallest absolute Gasteiger partial charge is 0.293 e. The molecule has 2 aromatic carbocycles. The number of carbonyl (C=O) groups is 3. The highest BCUT2D eigenvalue weighted by Gasteiger charge is 2.33. The Morgan fingerprint density at radius 3 is 2.70 bits per heavy atom. The summed E-state index contributed by atoms with van der Waals surface area (Å²) in [6, 6.07) is 12.7. The number of amides is 3. The molecule has 7 heteroatoms. The van der Waals surface area contributed by atoms with Gasteiger partial charge in [-0.3, -0.25) is 19.3 Å². The van der Waals surface area contributed by atoms with E-state index in [1.54, 1.807) is 30.3 Å². The topological polar surface area (TPSA) is 75.7 Å². The van der Waals surface area contributed by atoms with Gasteiger partial charge in [0.2, 0.25) is 0 Å². The second-order valence-electron chi connectivity index (χ2n) is 6.79. The molecule has 1 N–H and O–H groups in total. The molecule has 0 radical (unpaired) electrons. The monoisotopic (exact) mass is 422 g/mol. The Labute approximate surface area is 179 Å². The molecule has 154 valence electrons. The Bertz CT molecular complexity index is 1050. The fraction of sp³-hybridized carbons (Fsp3) is 0.174. The number of hydrogen-bond donors (Lipinski definition) is 1. The summed E-state index contributed by atoms with van der Waals surface area (Å²) in [5.74, 6) is -0.123. The van der Waals surface area contributed by atoms with Gasteiger partial charge in [-0.15, -0.1) is 6.58 Å². The second kappa shape index (κ2) is 9.45. The standard InChI is InChI=1S/C23H22N2O4S/c1-4-10-25-22(27)20(30-23(25)28)13-17-6-5-7-19(12-17)29-14-21(26)24-18-9-8-15(2)16(3)11-18/h4-9,11-13H,1,10,14H2,2-3H3,(H,24,26). The summed E-state index contributed by atoms with van der Waals surface area (Å²) in [7, 11) is 0. The van der Waals surface area contributed by atoms with Crippen LogP contribution in [0.2, 0.25) is 0 Å². The van der Waals surface area contributed by atoms with Gasteiger partial charge in [-0.05, 0) is 72.6 Å². The van der Waals surface area contributed by atoms with Crippen LogP contribution in [0.4, 0.5) is 10.5 Å². The third-order valence-electron chi connectivity index (χ3n) is 4.50. The van der Waals surface area contributed by atoms with Crippen LogP contribution in [-0.4, -0.2) is 35.1 Å². The van der Waals surface area contributed by atoms with Crippen molar-refractivity contribution in [3.05, 3.63) is 76.7 Å². The van der Waals surface area contributed by atoms with Gasteiger partial charge in [0.05, 0.1) is 4.91 Å². The van der Waals surface area contributed by atoms with Crippen molar-refractivity contribution in [3.8, 4) is 5.75 Å². The molecule has 0 spiro atoms. The zero-order valence-corrected chi connectivity index (χ0v) is 17.6. The summed E-state index contributed by atoms with van der Waals surface area (Å²) in [6.07, 6.45) is 3.15. The molecule has 0 unspecified atom stereocenters. The van der Waals surface area contributed by atoms with Crippen LogP contribution in [0.1, 0.15) is 16.7 Å². The van der Waals surface area contributed by atoms with E-state index in [2.05, 4.69) is 11.9 Å². The maximum atomic E-state index is 12.3. The molecule has 3 amide bonds. The maximum absolute atomic E-state index is 12.3. The summed E-state index contributed by atoms with van der Waals surface area (Å²) in [4.78, 5) is 37.9. The average Bonchev–Trinajstić information content (AvgIpc) is 2.97. The van der Waals surface area contributed by atoms with Crippen LogP contribution in [0.25, 0.3) is 6.08 Å². The first-order valence-corrected chi connectivity index (χ1v) is 10.2. The Hall–Kier alpha value is -3.32. The Kier molecular flexibility index (Phi) is 6.74. The number of aryl methyl sites for hydroxylation is 2.